The molecular weight excluding hydrogens is 312 g/mol. The van der Waals surface area contributed by atoms with Crippen LogP contribution in [-0.4, -0.2) is 40.0 Å². The lowest BCUT2D eigenvalue weighted by molar-refractivity contribution is 0.178. The van der Waals surface area contributed by atoms with E-state index in [1.54, 1.807) is 11.8 Å². The molecule has 2 heterocycles. The summed E-state index contributed by atoms with van der Waals surface area (Å²) in [6, 6.07) is 14.5. The second-order valence-corrected chi connectivity index (χ2v) is 7.51. The van der Waals surface area contributed by atoms with Gasteiger partial charge in [0, 0.05) is 22.3 Å². The molecule has 22 heavy (non-hydrogen) atoms. The van der Waals surface area contributed by atoms with E-state index >= 15 is 0 Å². The van der Waals surface area contributed by atoms with Crippen LogP contribution in [0.15, 0.2) is 47.4 Å². The lowest BCUT2D eigenvalue weighted by Gasteiger charge is -2.15. The van der Waals surface area contributed by atoms with Crippen LogP contribution in [0.3, 0.4) is 0 Å². The molecule has 2 N–H and O–H groups in total. The molecule has 2 atom stereocenters. The molecule has 1 aliphatic heterocycles. The van der Waals surface area contributed by atoms with E-state index in [1.165, 1.54) is 4.90 Å². The molecule has 0 amide bonds. The van der Waals surface area contributed by atoms with Crippen LogP contribution in [0.4, 0.5) is 5.82 Å². The normalized spacial score (nSPS) is 21.0. The number of thioether (sulfide) groups is 2. The molecular formula is C17H20N2OS2. The standard InChI is InChI=1S/C17H20N2OS2/c1-21-13-7-5-12(6-8-13)14-3-2-4-17(19-14)18-11-16-15(20)9-10-22-16/h2-8,15-16,20H,9-11H2,1H3,(H,18,19). The van der Waals surface area contributed by atoms with Gasteiger partial charge in [-0.05, 0) is 42.7 Å². The van der Waals surface area contributed by atoms with Crippen LogP contribution in [-0.2, 0) is 0 Å². The number of aliphatic hydroxyl groups excluding tert-OH is 1. The van der Waals surface area contributed by atoms with Crippen LogP contribution >= 0.6 is 23.5 Å². The van der Waals surface area contributed by atoms with Crippen LogP contribution in [0.25, 0.3) is 11.3 Å². The molecule has 0 radical (unpaired) electrons. The van der Waals surface area contributed by atoms with Gasteiger partial charge in [-0.3, -0.25) is 0 Å². The Morgan fingerprint density at radius 1 is 1.27 bits per heavy atom. The van der Waals surface area contributed by atoms with Crippen molar-refractivity contribution in [1.29, 1.82) is 0 Å². The predicted molar refractivity (Wildman–Crippen MR) is 96.8 cm³/mol. The van der Waals surface area contributed by atoms with Gasteiger partial charge in [0.1, 0.15) is 5.82 Å². The van der Waals surface area contributed by atoms with Gasteiger partial charge >= 0.3 is 0 Å². The van der Waals surface area contributed by atoms with E-state index in [9.17, 15) is 5.11 Å². The number of benzene rings is 1. The van der Waals surface area contributed by atoms with Crippen LogP contribution in [0.1, 0.15) is 6.42 Å². The van der Waals surface area contributed by atoms with Crippen molar-refractivity contribution in [3.05, 3.63) is 42.5 Å². The minimum absolute atomic E-state index is 0.195. The number of anilines is 1. The Bertz CT molecular complexity index is 618. The van der Waals surface area contributed by atoms with Gasteiger partial charge in [-0.2, -0.15) is 11.8 Å². The highest BCUT2D eigenvalue weighted by molar-refractivity contribution is 8.00. The number of nitrogens with zero attached hydrogens (tertiary/aromatic N) is 1. The smallest absolute Gasteiger partial charge is 0.126 e. The van der Waals surface area contributed by atoms with Gasteiger partial charge in [-0.25, -0.2) is 4.98 Å². The van der Waals surface area contributed by atoms with Crippen LogP contribution in [0, 0.1) is 0 Å². The summed E-state index contributed by atoms with van der Waals surface area (Å²) >= 11 is 3.57. The summed E-state index contributed by atoms with van der Waals surface area (Å²) in [6.07, 6.45) is 2.78. The topological polar surface area (TPSA) is 45.1 Å². The third-order valence-electron chi connectivity index (χ3n) is 3.79. The van der Waals surface area contributed by atoms with Crippen LogP contribution in [0.2, 0.25) is 0 Å². The number of rotatable bonds is 5. The molecule has 2 unspecified atom stereocenters. The predicted octanol–water partition coefficient (Wildman–Crippen LogP) is 3.75. The molecule has 116 valence electrons. The first-order valence-electron chi connectivity index (χ1n) is 7.41. The summed E-state index contributed by atoms with van der Waals surface area (Å²) < 4.78 is 0. The molecule has 5 heteroatoms. The van der Waals surface area contributed by atoms with Crippen molar-refractivity contribution in [1.82, 2.24) is 4.98 Å². The maximum absolute atomic E-state index is 9.87. The van der Waals surface area contributed by atoms with E-state index in [4.69, 9.17) is 0 Å². The first kappa shape index (κ1) is 15.7. The summed E-state index contributed by atoms with van der Waals surface area (Å²) in [6.45, 7) is 0.758. The number of hydrogen-bond acceptors (Lipinski definition) is 5. The molecule has 1 fully saturated rings. The third kappa shape index (κ3) is 3.77. The van der Waals surface area contributed by atoms with Gasteiger partial charge < -0.3 is 10.4 Å². The Morgan fingerprint density at radius 2 is 2.09 bits per heavy atom. The van der Waals surface area contributed by atoms with Crippen molar-refractivity contribution in [3.63, 3.8) is 0 Å². The van der Waals surface area contributed by atoms with Gasteiger partial charge in [-0.15, -0.1) is 11.8 Å². The molecule has 3 rings (SSSR count). The SMILES string of the molecule is CSc1ccc(-c2cccc(NCC3SCCC3O)n2)cc1. The Hall–Kier alpha value is -1.17. The zero-order valence-corrected chi connectivity index (χ0v) is 14.2. The second-order valence-electron chi connectivity index (χ2n) is 5.28. The highest BCUT2D eigenvalue weighted by Gasteiger charge is 2.25. The van der Waals surface area contributed by atoms with Crippen molar-refractivity contribution in [2.45, 2.75) is 22.7 Å². The summed E-state index contributed by atoms with van der Waals surface area (Å²) in [5, 5.41) is 13.5. The molecule has 1 aromatic heterocycles. The first-order chi connectivity index (χ1) is 10.8. The van der Waals surface area contributed by atoms with E-state index in [1.807, 2.05) is 30.0 Å². The second kappa shape index (κ2) is 7.40. The highest BCUT2D eigenvalue weighted by Crippen LogP contribution is 2.27. The van der Waals surface area contributed by atoms with Gasteiger partial charge in [0.25, 0.3) is 0 Å². The van der Waals surface area contributed by atoms with Crippen LogP contribution < -0.4 is 5.32 Å². The van der Waals surface area contributed by atoms with Gasteiger partial charge in [0.15, 0.2) is 0 Å². The number of pyridine rings is 1. The fourth-order valence-corrected chi connectivity index (χ4v) is 4.14. The number of hydrogen-bond donors (Lipinski definition) is 2. The Balaban J connectivity index is 1.68. The van der Waals surface area contributed by atoms with Crippen molar-refractivity contribution >= 4 is 29.3 Å². The Kier molecular flexibility index (Phi) is 5.28. The van der Waals surface area contributed by atoms with Crippen molar-refractivity contribution in [2.24, 2.45) is 0 Å². The van der Waals surface area contributed by atoms with Crippen molar-refractivity contribution in [2.75, 3.05) is 23.9 Å². The largest absolute Gasteiger partial charge is 0.392 e. The highest BCUT2D eigenvalue weighted by atomic mass is 32.2. The molecule has 0 aliphatic carbocycles. The average Bonchev–Trinajstić information content (AvgIpc) is 2.98. The van der Waals surface area contributed by atoms with E-state index in [2.05, 4.69) is 40.8 Å². The van der Waals surface area contributed by atoms with E-state index < -0.39 is 0 Å². The Morgan fingerprint density at radius 3 is 2.77 bits per heavy atom. The first-order valence-corrected chi connectivity index (χ1v) is 9.68. The lowest BCUT2D eigenvalue weighted by Crippen LogP contribution is -2.25. The summed E-state index contributed by atoms with van der Waals surface area (Å²) in [5.41, 5.74) is 2.09. The molecule has 0 saturated carbocycles. The van der Waals surface area contributed by atoms with Crippen molar-refractivity contribution in [3.8, 4) is 11.3 Å². The molecule has 3 nitrogen and oxygen atoms in total. The number of aliphatic hydroxyl groups is 1. The fraction of sp³-hybridized carbons (Fsp3) is 0.353. The number of aromatic nitrogens is 1. The van der Waals surface area contributed by atoms with E-state index in [-0.39, 0.29) is 11.4 Å². The van der Waals surface area contributed by atoms with Gasteiger partial charge in [0.05, 0.1) is 11.8 Å². The van der Waals surface area contributed by atoms with E-state index in [0.717, 1.165) is 35.8 Å². The third-order valence-corrected chi connectivity index (χ3v) is 5.92. The van der Waals surface area contributed by atoms with Gasteiger partial charge in [0.2, 0.25) is 0 Å². The number of nitrogens with one attached hydrogen (secondary N) is 1. The van der Waals surface area contributed by atoms with Crippen LogP contribution in [0.5, 0.6) is 0 Å². The minimum Gasteiger partial charge on any atom is -0.392 e. The molecule has 0 spiro atoms. The Labute approximate surface area is 139 Å². The molecule has 1 aromatic carbocycles. The van der Waals surface area contributed by atoms with Gasteiger partial charge in [-0.1, -0.05) is 18.2 Å². The molecule has 0 bridgehead atoms. The minimum atomic E-state index is -0.195. The van der Waals surface area contributed by atoms with Crippen molar-refractivity contribution < 1.29 is 5.11 Å². The molecule has 2 aromatic rings. The molecule has 1 aliphatic rings. The quantitative estimate of drug-likeness (QED) is 0.817. The maximum atomic E-state index is 9.87. The summed E-state index contributed by atoms with van der Waals surface area (Å²) in [5.74, 6) is 1.91. The maximum Gasteiger partial charge on any atom is 0.126 e. The average molecular weight is 332 g/mol. The summed E-state index contributed by atoms with van der Waals surface area (Å²) in [4.78, 5) is 5.93. The zero-order valence-electron chi connectivity index (χ0n) is 12.5. The monoisotopic (exact) mass is 332 g/mol. The fourth-order valence-electron chi connectivity index (χ4n) is 2.49. The zero-order chi connectivity index (χ0) is 15.4. The van der Waals surface area contributed by atoms with E-state index in [0.29, 0.717) is 0 Å². The summed E-state index contributed by atoms with van der Waals surface area (Å²) in [7, 11) is 0. The molecule has 1 saturated heterocycles. The lowest BCUT2D eigenvalue weighted by atomic mass is 10.1.